The average molecular weight is 660 g/mol. The molecule has 3 fully saturated rings. The molecule has 0 aliphatic carbocycles. The maximum absolute atomic E-state index is 14.5. The number of hydrogen-bond acceptors (Lipinski definition) is 7. The Labute approximate surface area is 281 Å². The van der Waals surface area contributed by atoms with Gasteiger partial charge in [0.25, 0.3) is 0 Å². The van der Waals surface area contributed by atoms with Gasteiger partial charge in [-0.05, 0) is 50.2 Å². The summed E-state index contributed by atoms with van der Waals surface area (Å²) in [6.45, 7) is 3.99. The van der Waals surface area contributed by atoms with Crippen molar-refractivity contribution in [1.82, 2.24) is 25.3 Å². The summed E-state index contributed by atoms with van der Waals surface area (Å²) in [5, 5.41) is 5.58. The zero-order valence-corrected chi connectivity index (χ0v) is 27.8. The van der Waals surface area contributed by atoms with Crippen LogP contribution in [0.3, 0.4) is 0 Å². The van der Waals surface area contributed by atoms with Gasteiger partial charge in [0.2, 0.25) is 29.5 Å². The van der Waals surface area contributed by atoms with Crippen LogP contribution in [0, 0.1) is 0 Å². The molecule has 2 N–H and O–H groups in total. The molecule has 6 atom stereocenters. The quantitative estimate of drug-likeness (QED) is 0.479. The Hall–Kier alpha value is -4.74. The van der Waals surface area contributed by atoms with E-state index in [0.29, 0.717) is 50.8 Å². The Bertz CT molecular complexity index is 1500. The number of carbonyl (C=O) groups is 6. The monoisotopic (exact) mass is 659 g/mol. The minimum absolute atomic E-state index is 0.206. The molecular formula is C36H45N5O7. The first-order chi connectivity index (χ1) is 23.1. The van der Waals surface area contributed by atoms with Crippen molar-refractivity contribution in [3.8, 4) is 0 Å². The summed E-state index contributed by atoms with van der Waals surface area (Å²) in [4.78, 5) is 87.4. The van der Waals surface area contributed by atoms with Crippen LogP contribution in [0.1, 0.15) is 69.5 Å². The lowest BCUT2D eigenvalue weighted by Gasteiger charge is -2.36. The highest BCUT2D eigenvalue weighted by Gasteiger charge is 2.44. The standard InChI is InChI=1S/C36H45N5O7/c1-4-26-33(44)41-20-12-18-28(41)34(45)39(3)29(22-24-13-7-5-8-14-24)35(46)40-19-11-17-27(40)32(43)38-31(25-15-9-6-10-16-25)36(47)48-23(2)21-30(42)37-26/h5-10,13-16,23,26-29,31H,4,11-12,17-22H2,1-3H3,(H,37,42)(H,38,43)/t23-,26-,27+,28+,29+,31+/m1/s1. The van der Waals surface area contributed by atoms with Gasteiger partial charge in [-0.15, -0.1) is 0 Å². The Morgan fingerprint density at radius 1 is 0.771 bits per heavy atom. The third kappa shape index (κ3) is 7.69. The number of benzene rings is 2. The van der Waals surface area contributed by atoms with Gasteiger partial charge < -0.3 is 30.1 Å². The lowest BCUT2D eigenvalue weighted by atomic mass is 10.0. The number of likely N-dealkylation sites (N-methyl/N-ethyl adjacent to an activating group) is 1. The van der Waals surface area contributed by atoms with Crippen LogP contribution in [0.25, 0.3) is 0 Å². The third-order valence-electron chi connectivity index (χ3n) is 9.52. The lowest BCUT2D eigenvalue weighted by Crippen LogP contribution is -2.58. The molecule has 0 bridgehead atoms. The van der Waals surface area contributed by atoms with Crippen LogP contribution in [0.2, 0.25) is 0 Å². The number of ether oxygens (including phenoxy) is 1. The molecule has 2 aromatic rings. The van der Waals surface area contributed by atoms with E-state index >= 15 is 0 Å². The molecule has 3 aliphatic rings. The highest BCUT2D eigenvalue weighted by atomic mass is 16.5. The second-order valence-corrected chi connectivity index (χ2v) is 12.9. The predicted molar refractivity (Wildman–Crippen MR) is 176 cm³/mol. The topological polar surface area (TPSA) is 145 Å². The molecule has 0 unspecified atom stereocenters. The first-order valence-corrected chi connectivity index (χ1v) is 16.9. The molecule has 0 saturated carbocycles. The van der Waals surface area contributed by atoms with E-state index in [1.165, 1.54) is 14.7 Å². The van der Waals surface area contributed by atoms with Crippen molar-refractivity contribution < 1.29 is 33.5 Å². The number of fused-ring (bicyclic) bond motifs is 2. The summed E-state index contributed by atoms with van der Waals surface area (Å²) in [6, 6.07) is 13.3. The minimum Gasteiger partial charge on any atom is -0.460 e. The van der Waals surface area contributed by atoms with Crippen molar-refractivity contribution in [2.24, 2.45) is 0 Å². The van der Waals surface area contributed by atoms with Crippen LogP contribution >= 0.6 is 0 Å². The average Bonchev–Trinajstić information content (AvgIpc) is 3.78. The summed E-state index contributed by atoms with van der Waals surface area (Å²) < 4.78 is 5.67. The van der Waals surface area contributed by atoms with Crippen LogP contribution in [0.4, 0.5) is 0 Å². The van der Waals surface area contributed by atoms with Crippen molar-refractivity contribution >= 4 is 35.5 Å². The Kier molecular flexibility index (Phi) is 11.1. The first-order valence-electron chi connectivity index (χ1n) is 16.9. The summed E-state index contributed by atoms with van der Waals surface area (Å²) in [5.74, 6) is -2.87. The van der Waals surface area contributed by atoms with Gasteiger partial charge in [0.1, 0.15) is 30.3 Å². The van der Waals surface area contributed by atoms with E-state index in [-0.39, 0.29) is 30.6 Å². The van der Waals surface area contributed by atoms with Crippen molar-refractivity contribution in [2.75, 3.05) is 20.1 Å². The second kappa shape index (κ2) is 15.4. The Balaban J connectivity index is 1.53. The van der Waals surface area contributed by atoms with Crippen molar-refractivity contribution in [3.05, 3.63) is 71.8 Å². The molecule has 2 aromatic carbocycles. The Morgan fingerprint density at radius 2 is 1.38 bits per heavy atom. The minimum atomic E-state index is -1.19. The molecule has 12 heteroatoms. The molecule has 0 aromatic heterocycles. The molecule has 5 amide bonds. The molecule has 3 aliphatic heterocycles. The summed E-state index contributed by atoms with van der Waals surface area (Å²) in [7, 11) is 1.57. The van der Waals surface area contributed by atoms with Gasteiger partial charge in [-0.1, -0.05) is 67.6 Å². The van der Waals surface area contributed by atoms with E-state index in [9.17, 15) is 28.8 Å². The number of rotatable bonds is 4. The van der Waals surface area contributed by atoms with E-state index in [0.717, 1.165) is 5.56 Å². The van der Waals surface area contributed by atoms with Gasteiger partial charge in [-0.25, -0.2) is 4.79 Å². The van der Waals surface area contributed by atoms with Crippen LogP contribution < -0.4 is 10.6 Å². The van der Waals surface area contributed by atoms with Gasteiger partial charge in [-0.3, -0.25) is 24.0 Å². The fourth-order valence-corrected chi connectivity index (χ4v) is 6.92. The fraction of sp³-hybridized carbons (Fsp3) is 0.500. The Morgan fingerprint density at radius 3 is 2.02 bits per heavy atom. The van der Waals surface area contributed by atoms with Crippen molar-refractivity contribution in [3.63, 3.8) is 0 Å². The largest absolute Gasteiger partial charge is 0.460 e. The number of esters is 1. The second-order valence-electron chi connectivity index (χ2n) is 12.9. The lowest BCUT2D eigenvalue weighted by molar-refractivity contribution is -0.154. The summed E-state index contributed by atoms with van der Waals surface area (Å²) in [5.41, 5.74) is 1.32. The zero-order valence-electron chi connectivity index (χ0n) is 27.8. The van der Waals surface area contributed by atoms with Crippen LogP contribution in [0.5, 0.6) is 0 Å². The first kappa shape index (κ1) is 34.6. The number of nitrogens with one attached hydrogen (secondary N) is 2. The molecule has 48 heavy (non-hydrogen) atoms. The molecule has 3 heterocycles. The van der Waals surface area contributed by atoms with E-state index in [2.05, 4.69) is 10.6 Å². The molecule has 0 spiro atoms. The van der Waals surface area contributed by atoms with E-state index < -0.39 is 54.1 Å². The number of cyclic esters (lactones) is 1. The highest BCUT2D eigenvalue weighted by Crippen LogP contribution is 2.26. The maximum atomic E-state index is 14.5. The normalized spacial score (nSPS) is 28.1. The zero-order chi connectivity index (χ0) is 34.4. The van der Waals surface area contributed by atoms with Crippen LogP contribution in [0.15, 0.2) is 60.7 Å². The number of amides is 5. The molecular weight excluding hydrogens is 614 g/mol. The summed E-state index contributed by atoms with van der Waals surface area (Å²) >= 11 is 0. The van der Waals surface area contributed by atoms with E-state index in [1.807, 2.05) is 30.3 Å². The van der Waals surface area contributed by atoms with Gasteiger partial charge >= 0.3 is 5.97 Å². The highest BCUT2D eigenvalue weighted by molar-refractivity contribution is 5.97. The van der Waals surface area contributed by atoms with Crippen LogP contribution in [-0.4, -0.2) is 101 Å². The van der Waals surface area contributed by atoms with Gasteiger partial charge in [0.15, 0.2) is 6.04 Å². The molecule has 0 radical (unpaired) electrons. The predicted octanol–water partition coefficient (Wildman–Crippen LogP) is 2.13. The van der Waals surface area contributed by atoms with Crippen molar-refractivity contribution in [1.29, 1.82) is 0 Å². The van der Waals surface area contributed by atoms with Gasteiger partial charge in [0.05, 0.1) is 6.42 Å². The SMILES string of the molecule is CC[C@H]1NC(=O)C[C@@H](C)OC(=O)[C@H](c2ccccc2)NC(=O)[C@@H]2CCCN2C(=O)[C@H](Cc2ccccc2)N(C)C(=O)[C@@H]2CCCN2C1=O. The fourth-order valence-electron chi connectivity index (χ4n) is 6.92. The smallest absolute Gasteiger partial charge is 0.333 e. The number of carbonyl (C=O) groups excluding carboxylic acids is 6. The van der Waals surface area contributed by atoms with Crippen molar-refractivity contribution in [2.45, 2.75) is 95.1 Å². The molecule has 5 rings (SSSR count). The van der Waals surface area contributed by atoms with Gasteiger partial charge in [0, 0.05) is 26.6 Å². The number of nitrogens with zero attached hydrogens (tertiary/aromatic N) is 3. The van der Waals surface area contributed by atoms with Crippen LogP contribution in [-0.2, 0) is 39.9 Å². The third-order valence-corrected chi connectivity index (χ3v) is 9.52. The number of hydrogen-bond donors (Lipinski definition) is 2. The molecule has 256 valence electrons. The maximum Gasteiger partial charge on any atom is 0.333 e. The van der Waals surface area contributed by atoms with E-state index in [1.54, 1.807) is 51.2 Å². The van der Waals surface area contributed by atoms with E-state index in [4.69, 9.17) is 4.74 Å². The van der Waals surface area contributed by atoms with Gasteiger partial charge in [-0.2, -0.15) is 0 Å². The molecule has 3 saturated heterocycles. The summed E-state index contributed by atoms with van der Waals surface area (Å²) in [6.07, 6.45) is 1.39. The molecule has 12 nitrogen and oxygen atoms in total.